The average molecular weight is 212 g/mol. The van der Waals surface area contributed by atoms with Gasteiger partial charge in [0.1, 0.15) is 6.23 Å². The number of rotatable bonds is 2. The van der Waals surface area contributed by atoms with Crippen LogP contribution in [0.3, 0.4) is 0 Å². The highest BCUT2D eigenvalue weighted by Crippen LogP contribution is 2.26. The van der Waals surface area contributed by atoms with E-state index >= 15 is 0 Å². The summed E-state index contributed by atoms with van der Waals surface area (Å²) in [6.45, 7) is -0.0470. The molecule has 6 nitrogen and oxygen atoms in total. The van der Waals surface area contributed by atoms with E-state index in [1.54, 1.807) is 0 Å². The maximum Gasteiger partial charge on any atom is 0.330 e. The van der Waals surface area contributed by atoms with Crippen molar-refractivity contribution >= 4 is 0 Å². The van der Waals surface area contributed by atoms with Crippen LogP contribution in [-0.4, -0.2) is 27.4 Å². The van der Waals surface area contributed by atoms with Crippen LogP contribution in [0.15, 0.2) is 21.9 Å². The molecule has 0 aliphatic carbocycles. The maximum absolute atomic E-state index is 11.4. The van der Waals surface area contributed by atoms with Gasteiger partial charge in [0.05, 0.1) is 12.7 Å². The minimum Gasteiger partial charge on any atom is -0.394 e. The highest BCUT2D eigenvalue weighted by molar-refractivity contribution is 4.85. The van der Waals surface area contributed by atoms with Crippen LogP contribution in [-0.2, 0) is 4.74 Å². The van der Waals surface area contributed by atoms with Crippen LogP contribution >= 0.6 is 0 Å². The van der Waals surface area contributed by atoms with Crippen molar-refractivity contribution in [2.75, 3.05) is 6.61 Å². The number of H-pyrrole nitrogens is 1. The Kier molecular flexibility index (Phi) is 2.70. The SMILES string of the molecule is O=c1ccn(C2CC[C@H](CO)O2)c(=O)[nH]1. The lowest BCUT2D eigenvalue weighted by molar-refractivity contribution is -0.0246. The number of nitrogens with zero attached hydrogens (tertiary/aromatic N) is 1. The average Bonchev–Trinajstić information content (AvgIpc) is 2.66. The molecule has 2 rings (SSSR count). The normalized spacial score (nSPS) is 25.7. The van der Waals surface area contributed by atoms with Crippen molar-refractivity contribution < 1.29 is 9.84 Å². The summed E-state index contributed by atoms with van der Waals surface area (Å²) in [5, 5.41) is 8.87. The number of aromatic amines is 1. The lowest BCUT2D eigenvalue weighted by atomic mass is 10.2. The number of aliphatic hydroxyl groups excluding tert-OH is 1. The van der Waals surface area contributed by atoms with Crippen molar-refractivity contribution in [3.63, 3.8) is 0 Å². The Labute approximate surface area is 85.1 Å². The molecule has 0 amide bonds. The van der Waals surface area contributed by atoms with Gasteiger partial charge in [0.2, 0.25) is 0 Å². The Morgan fingerprint density at radius 3 is 2.93 bits per heavy atom. The first-order chi connectivity index (χ1) is 7.20. The molecule has 0 bridgehead atoms. The van der Waals surface area contributed by atoms with Gasteiger partial charge in [-0.25, -0.2) is 4.79 Å². The molecule has 0 saturated carbocycles. The highest BCUT2D eigenvalue weighted by Gasteiger charge is 2.26. The lowest BCUT2D eigenvalue weighted by Crippen LogP contribution is -2.31. The zero-order valence-corrected chi connectivity index (χ0v) is 8.05. The zero-order valence-electron chi connectivity index (χ0n) is 8.05. The molecule has 0 radical (unpaired) electrons. The van der Waals surface area contributed by atoms with E-state index in [1.807, 2.05) is 0 Å². The molecule has 2 N–H and O–H groups in total. The smallest absolute Gasteiger partial charge is 0.330 e. The van der Waals surface area contributed by atoms with Crippen LogP contribution in [0.4, 0.5) is 0 Å². The van der Waals surface area contributed by atoms with Gasteiger partial charge in [-0.05, 0) is 12.8 Å². The molecule has 1 aromatic rings. The van der Waals surface area contributed by atoms with Gasteiger partial charge in [0.25, 0.3) is 5.56 Å². The van der Waals surface area contributed by atoms with Crippen molar-refractivity contribution in [1.82, 2.24) is 9.55 Å². The van der Waals surface area contributed by atoms with Crippen molar-refractivity contribution in [2.24, 2.45) is 0 Å². The summed E-state index contributed by atoms with van der Waals surface area (Å²) in [6, 6.07) is 1.27. The number of hydrogen-bond acceptors (Lipinski definition) is 4. The lowest BCUT2D eigenvalue weighted by Gasteiger charge is -2.13. The first-order valence-corrected chi connectivity index (χ1v) is 4.78. The largest absolute Gasteiger partial charge is 0.394 e. The molecule has 1 saturated heterocycles. The molecular weight excluding hydrogens is 200 g/mol. The van der Waals surface area contributed by atoms with Crippen molar-refractivity contribution in [3.05, 3.63) is 33.1 Å². The Balaban J connectivity index is 2.24. The third-order valence-electron chi connectivity index (χ3n) is 2.45. The molecule has 1 unspecified atom stereocenters. The third-order valence-corrected chi connectivity index (χ3v) is 2.45. The molecule has 1 aromatic heterocycles. The molecule has 2 heterocycles. The summed E-state index contributed by atoms with van der Waals surface area (Å²) < 4.78 is 6.74. The van der Waals surface area contributed by atoms with Gasteiger partial charge in [-0.2, -0.15) is 0 Å². The summed E-state index contributed by atoms with van der Waals surface area (Å²) in [7, 11) is 0. The molecule has 0 aromatic carbocycles. The van der Waals surface area contributed by atoms with Crippen LogP contribution in [0.1, 0.15) is 19.1 Å². The molecule has 2 atom stereocenters. The quantitative estimate of drug-likeness (QED) is 0.672. The molecule has 1 aliphatic rings. The number of nitrogens with one attached hydrogen (secondary N) is 1. The first-order valence-electron chi connectivity index (χ1n) is 4.78. The van der Waals surface area contributed by atoms with Crippen LogP contribution in [0.25, 0.3) is 0 Å². The van der Waals surface area contributed by atoms with Crippen LogP contribution in [0.2, 0.25) is 0 Å². The summed E-state index contributed by atoms with van der Waals surface area (Å²) in [5.41, 5.74) is -0.904. The van der Waals surface area contributed by atoms with E-state index < -0.39 is 11.2 Å². The molecule has 82 valence electrons. The van der Waals surface area contributed by atoms with Gasteiger partial charge in [-0.3, -0.25) is 14.3 Å². The van der Waals surface area contributed by atoms with Gasteiger partial charge >= 0.3 is 5.69 Å². The van der Waals surface area contributed by atoms with Gasteiger partial charge < -0.3 is 9.84 Å². The molecule has 0 spiro atoms. The topological polar surface area (TPSA) is 84.3 Å². The van der Waals surface area contributed by atoms with Crippen molar-refractivity contribution in [3.8, 4) is 0 Å². The number of aromatic nitrogens is 2. The van der Waals surface area contributed by atoms with Crippen molar-refractivity contribution in [2.45, 2.75) is 25.2 Å². The standard InChI is InChI=1S/C9H12N2O4/c12-5-6-1-2-8(15-6)11-4-3-7(13)10-9(11)14/h3-4,6,8,12H,1-2,5H2,(H,10,13,14)/t6-,8?/m1/s1. The molecular formula is C9H12N2O4. The van der Waals surface area contributed by atoms with Crippen LogP contribution in [0, 0.1) is 0 Å². The van der Waals surface area contributed by atoms with E-state index in [4.69, 9.17) is 9.84 Å². The van der Waals surface area contributed by atoms with E-state index in [9.17, 15) is 9.59 Å². The number of hydrogen-bond donors (Lipinski definition) is 2. The van der Waals surface area contributed by atoms with Gasteiger partial charge in [0.15, 0.2) is 0 Å². The van der Waals surface area contributed by atoms with Gasteiger partial charge in [0, 0.05) is 12.3 Å². The predicted molar refractivity (Wildman–Crippen MR) is 51.6 cm³/mol. The van der Waals surface area contributed by atoms with Gasteiger partial charge in [-0.1, -0.05) is 0 Å². The van der Waals surface area contributed by atoms with E-state index in [-0.39, 0.29) is 18.9 Å². The third kappa shape index (κ3) is 2.00. The van der Waals surface area contributed by atoms with E-state index in [2.05, 4.69) is 4.98 Å². The second kappa shape index (κ2) is 4.00. The second-order valence-corrected chi connectivity index (χ2v) is 3.49. The highest BCUT2D eigenvalue weighted by atomic mass is 16.5. The Hall–Kier alpha value is -1.40. The monoisotopic (exact) mass is 212 g/mol. The summed E-state index contributed by atoms with van der Waals surface area (Å²) in [5.74, 6) is 0. The van der Waals surface area contributed by atoms with E-state index in [0.29, 0.717) is 12.8 Å². The predicted octanol–water partition coefficient (Wildman–Crippen LogP) is -0.794. The summed E-state index contributed by atoms with van der Waals surface area (Å²) in [6.07, 6.45) is 2.19. The van der Waals surface area contributed by atoms with Crippen LogP contribution in [0.5, 0.6) is 0 Å². The fourth-order valence-corrected chi connectivity index (χ4v) is 1.68. The zero-order chi connectivity index (χ0) is 10.8. The Bertz CT molecular complexity index is 450. The minimum atomic E-state index is -0.480. The maximum atomic E-state index is 11.4. The summed E-state index contributed by atoms with van der Waals surface area (Å²) >= 11 is 0. The van der Waals surface area contributed by atoms with E-state index in [0.717, 1.165) is 0 Å². The molecule has 1 fully saturated rings. The minimum absolute atomic E-state index is 0.0470. The first kappa shape index (κ1) is 10.1. The Morgan fingerprint density at radius 1 is 1.53 bits per heavy atom. The van der Waals surface area contributed by atoms with Crippen molar-refractivity contribution in [1.29, 1.82) is 0 Å². The summed E-state index contributed by atoms with van der Waals surface area (Å²) in [4.78, 5) is 24.4. The Morgan fingerprint density at radius 2 is 2.33 bits per heavy atom. The molecule has 1 aliphatic heterocycles. The van der Waals surface area contributed by atoms with Crippen LogP contribution < -0.4 is 11.2 Å². The fourth-order valence-electron chi connectivity index (χ4n) is 1.68. The molecule has 6 heteroatoms. The number of aliphatic hydroxyl groups is 1. The number of ether oxygens (including phenoxy) is 1. The second-order valence-electron chi connectivity index (χ2n) is 3.49. The molecule has 15 heavy (non-hydrogen) atoms. The van der Waals surface area contributed by atoms with Gasteiger partial charge in [-0.15, -0.1) is 0 Å². The van der Waals surface area contributed by atoms with E-state index in [1.165, 1.54) is 16.8 Å². The fraction of sp³-hybridized carbons (Fsp3) is 0.556.